The molecule has 0 spiro atoms. The van der Waals surface area contributed by atoms with E-state index in [9.17, 15) is 13.6 Å². The lowest BCUT2D eigenvalue weighted by atomic mass is 10.1. The number of nitrogens with one attached hydrogen (secondary N) is 1. The second-order valence-corrected chi connectivity index (χ2v) is 7.32. The molecular weight excluding hydrogens is 366 g/mol. The van der Waals surface area contributed by atoms with Gasteiger partial charge in [0.2, 0.25) is 5.91 Å². The van der Waals surface area contributed by atoms with Crippen molar-refractivity contribution in [2.45, 2.75) is 29.5 Å². The molecule has 27 heavy (non-hydrogen) atoms. The number of terminal acetylenes is 1. The van der Waals surface area contributed by atoms with Crippen molar-refractivity contribution in [2.24, 2.45) is 0 Å². The second-order valence-electron chi connectivity index (χ2n) is 6.29. The molecule has 2 aromatic carbocycles. The van der Waals surface area contributed by atoms with Crippen LogP contribution in [0.15, 0.2) is 53.4 Å². The lowest BCUT2D eigenvalue weighted by Gasteiger charge is -2.27. The highest BCUT2D eigenvalue weighted by atomic mass is 32.2. The van der Waals surface area contributed by atoms with Gasteiger partial charge in [0.15, 0.2) is 0 Å². The van der Waals surface area contributed by atoms with Gasteiger partial charge < -0.3 is 5.32 Å². The fourth-order valence-corrected chi connectivity index (χ4v) is 4.05. The molecule has 0 aromatic heterocycles. The number of alkyl halides is 2. The van der Waals surface area contributed by atoms with E-state index in [0.29, 0.717) is 28.9 Å². The van der Waals surface area contributed by atoms with Crippen LogP contribution in [0.3, 0.4) is 0 Å². The van der Waals surface area contributed by atoms with Crippen LogP contribution in [0.4, 0.5) is 14.5 Å². The minimum atomic E-state index is -2.55. The number of rotatable bonds is 7. The fourth-order valence-electron chi connectivity index (χ4n) is 3.45. The minimum Gasteiger partial charge on any atom is -0.324 e. The predicted octanol–water partition coefficient (Wildman–Crippen LogP) is 4.56. The molecule has 0 saturated heterocycles. The Kier molecular flexibility index (Phi) is 6.49. The molecule has 1 aliphatic rings. The molecule has 0 fully saturated rings. The standard InChI is InChI=1S/C21H20F2N2OS/c1-2-13-25(18-12-11-15-7-3-4-8-16(15)18)14-20(26)24-17-9-5-6-10-19(17)27-21(22)23/h1,3-10,18,21H,11-14H2,(H,24,26). The first kappa shape index (κ1) is 19.4. The van der Waals surface area contributed by atoms with Crippen LogP contribution in [0.5, 0.6) is 0 Å². The van der Waals surface area contributed by atoms with E-state index in [4.69, 9.17) is 6.42 Å². The van der Waals surface area contributed by atoms with Gasteiger partial charge in [0.25, 0.3) is 5.76 Å². The number of para-hydroxylation sites is 1. The monoisotopic (exact) mass is 386 g/mol. The number of halogens is 2. The number of anilines is 1. The van der Waals surface area contributed by atoms with E-state index < -0.39 is 5.76 Å². The Labute approximate surface area is 162 Å². The van der Waals surface area contributed by atoms with Crippen molar-refractivity contribution in [3.05, 3.63) is 59.7 Å². The molecular formula is C21H20F2N2OS. The van der Waals surface area contributed by atoms with Gasteiger partial charge in [-0.15, -0.1) is 6.42 Å². The molecule has 0 heterocycles. The van der Waals surface area contributed by atoms with Gasteiger partial charge in [-0.1, -0.05) is 54.1 Å². The van der Waals surface area contributed by atoms with Crippen molar-refractivity contribution in [2.75, 3.05) is 18.4 Å². The lowest BCUT2D eigenvalue weighted by Crippen LogP contribution is -2.36. The summed E-state index contributed by atoms with van der Waals surface area (Å²) in [6.45, 7) is 0.455. The Bertz CT molecular complexity index is 850. The maximum Gasteiger partial charge on any atom is 0.288 e. The first-order chi connectivity index (χ1) is 13.1. The number of hydrogen-bond acceptors (Lipinski definition) is 3. The fraction of sp³-hybridized carbons (Fsp3) is 0.286. The summed E-state index contributed by atoms with van der Waals surface area (Å²) >= 11 is 0.418. The Morgan fingerprint density at radius 1 is 1.26 bits per heavy atom. The molecule has 3 nitrogen and oxygen atoms in total. The number of amides is 1. The van der Waals surface area contributed by atoms with Crippen molar-refractivity contribution < 1.29 is 13.6 Å². The molecule has 0 radical (unpaired) electrons. The van der Waals surface area contributed by atoms with E-state index in [1.165, 1.54) is 11.1 Å². The highest BCUT2D eigenvalue weighted by Gasteiger charge is 2.28. The first-order valence-corrected chi connectivity index (χ1v) is 9.55. The van der Waals surface area contributed by atoms with Gasteiger partial charge >= 0.3 is 0 Å². The maximum absolute atomic E-state index is 12.7. The van der Waals surface area contributed by atoms with Gasteiger partial charge in [-0.25, -0.2) is 0 Å². The molecule has 1 aliphatic carbocycles. The summed E-state index contributed by atoms with van der Waals surface area (Å²) in [4.78, 5) is 14.9. The molecule has 1 amide bonds. The Hall–Kier alpha value is -2.36. The molecule has 140 valence electrons. The van der Waals surface area contributed by atoms with Gasteiger partial charge in [0.1, 0.15) is 0 Å². The van der Waals surface area contributed by atoms with Gasteiger partial charge in [0, 0.05) is 10.9 Å². The third-order valence-electron chi connectivity index (χ3n) is 4.56. The second kappa shape index (κ2) is 9.03. The van der Waals surface area contributed by atoms with Crippen LogP contribution in [0.2, 0.25) is 0 Å². The largest absolute Gasteiger partial charge is 0.324 e. The van der Waals surface area contributed by atoms with Crippen LogP contribution < -0.4 is 5.32 Å². The van der Waals surface area contributed by atoms with E-state index in [2.05, 4.69) is 23.4 Å². The topological polar surface area (TPSA) is 32.3 Å². The molecule has 1 unspecified atom stereocenters. The number of nitrogens with zero attached hydrogens (tertiary/aromatic N) is 1. The van der Waals surface area contributed by atoms with Crippen molar-refractivity contribution in [3.8, 4) is 12.3 Å². The third-order valence-corrected chi connectivity index (χ3v) is 5.35. The zero-order valence-corrected chi connectivity index (χ0v) is 15.5. The Morgan fingerprint density at radius 2 is 2.00 bits per heavy atom. The number of aryl methyl sites for hydroxylation is 1. The van der Waals surface area contributed by atoms with Crippen molar-refractivity contribution >= 4 is 23.4 Å². The molecule has 1 atom stereocenters. The highest BCUT2D eigenvalue weighted by molar-refractivity contribution is 7.99. The summed E-state index contributed by atoms with van der Waals surface area (Å²) in [5, 5.41) is 2.75. The summed E-state index contributed by atoms with van der Waals surface area (Å²) in [5.41, 5.74) is 2.87. The van der Waals surface area contributed by atoms with E-state index in [-0.39, 0.29) is 18.5 Å². The zero-order valence-electron chi connectivity index (χ0n) is 14.7. The summed E-state index contributed by atoms with van der Waals surface area (Å²) in [5.74, 6) is -0.187. The van der Waals surface area contributed by atoms with Crippen molar-refractivity contribution in [1.82, 2.24) is 4.90 Å². The Morgan fingerprint density at radius 3 is 2.78 bits per heavy atom. The molecule has 2 aromatic rings. The average Bonchev–Trinajstić information content (AvgIpc) is 3.07. The molecule has 6 heteroatoms. The van der Waals surface area contributed by atoms with Crippen molar-refractivity contribution in [1.29, 1.82) is 0 Å². The maximum atomic E-state index is 12.7. The van der Waals surface area contributed by atoms with Crippen LogP contribution in [-0.4, -0.2) is 29.7 Å². The van der Waals surface area contributed by atoms with Gasteiger partial charge in [-0.05, 0) is 36.1 Å². The van der Waals surface area contributed by atoms with Crippen LogP contribution in [0.25, 0.3) is 0 Å². The smallest absolute Gasteiger partial charge is 0.288 e. The van der Waals surface area contributed by atoms with Crippen LogP contribution in [0.1, 0.15) is 23.6 Å². The normalized spacial score (nSPS) is 15.6. The predicted molar refractivity (Wildman–Crippen MR) is 105 cm³/mol. The summed E-state index contributed by atoms with van der Waals surface area (Å²) < 4.78 is 25.4. The number of thioether (sulfide) groups is 1. The molecule has 0 bridgehead atoms. The number of carbonyl (C=O) groups is 1. The molecule has 0 aliphatic heterocycles. The Balaban J connectivity index is 1.71. The number of benzene rings is 2. The van der Waals surface area contributed by atoms with Gasteiger partial charge in [-0.2, -0.15) is 8.78 Å². The minimum absolute atomic E-state index is 0.0914. The number of hydrogen-bond donors (Lipinski definition) is 1. The van der Waals surface area contributed by atoms with Crippen LogP contribution >= 0.6 is 11.8 Å². The van der Waals surface area contributed by atoms with E-state index in [1.54, 1.807) is 24.3 Å². The molecule has 3 rings (SSSR count). The number of fused-ring (bicyclic) bond motifs is 1. The van der Waals surface area contributed by atoms with E-state index in [0.717, 1.165) is 12.8 Å². The SMILES string of the molecule is C#CCN(CC(=O)Nc1ccccc1SC(F)F)C1CCc2ccccc21. The van der Waals surface area contributed by atoms with Crippen molar-refractivity contribution in [3.63, 3.8) is 0 Å². The molecule has 1 N–H and O–H groups in total. The van der Waals surface area contributed by atoms with Gasteiger partial charge in [0.05, 0.1) is 18.8 Å². The lowest BCUT2D eigenvalue weighted by molar-refractivity contribution is -0.117. The van der Waals surface area contributed by atoms with Crippen LogP contribution in [-0.2, 0) is 11.2 Å². The first-order valence-electron chi connectivity index (χ1n) is 8.67. The van der Waals surface area contributed by atoms with Crippen LogP contribution in [0, 0.1) is 12.3 Å². The van der Waals surface area contributed by atoms with Gasteiger partial charge in [-0.3, -0.25) is 9.69 Å². The quantitative estimate of drug-likeness (QED) is 0.559. The van der Waals surface area contributed by atoms with E-state index >= 15 is 0 Å². The van der Waals surface area contributed by atoms with E-state index in [1.807, 2.05) is 17.0 Å². The summed E-state index contributed by atoms with van der Waals surface area (Å²) in [6.07, 6.45) is 7.38. The number of carbonyl (C=O) groups excluding carboxylic acids is 1. The molecule has 0 saturated carbocycles. The average molecular weight is 386 g/mol. The highest BCUT2D eigenvalue weighted by Crippen LogP contribution is 2.35. The summed E-state index contributed by atoms with van der Waals surface area (Å²) in [6, 6.07) is 14.8. The summed E-state index contributed by atoms with van der Waals surface area (Å²) in [7, 11) is 0. The zero-order chi connectivity index (χ0) is 19.2. The third kappa shape index (κ3) is 4.88.